The summed E-state index contributed by atoms with van der Waals surface area (Å²) in [5.41, 5.74) is 0.642. The predicted octanol–water partition coefficient (Wildman–Crippen LogP) is 2.43. The van der Waals surface area contributed by atoms with E-state index in [2.05, 4.69) is 5.32 Å². The van der Waals surface area contributed by atoms with Crippen molar-refractivity contribution in [3.8, 4) is 5.75 Å². The molecule has 0 saturated heterocycles. The number of hydrogen-bond acceptors (Lipinski definition) is 3. The minimum atomic E-state index is -0.378. The van der Waals surface area contributed by atoms with Gasteiger partial charge in [0.1, 0.15) is 5.75 Å². The molecule has 0 fully saturated rings. The lowest BCUT2D eigenvalue weighted by Gasteiger charge is -2.17. The number of amides is 1. The Hall–Kier alpha value is -1.55. The molecule has 1 aromatic carbocycles. The smallest absolute Gasteiger partial charge is 0.229 e. The first kappa shape index (κ1) is 14.5. The molecule has 0 saturated carbocycles. The van der Waals surface area contributed by atoms with Gasteiger partial charge in [-0.1, -0.05) is 19.1 Å². The maximum atomic E-state index is 11.9. The summed E-state index contributed by atoms with van der Waals surface area (Å²) in [6.07, 6.45) is 0.651. The Balaban J connectivity index is 2.80. The Kier molecular flexibility index (Phi) is 5.65. The maximum Gasteiger partial charge on any atom is 0.229 e. The SMILES string of the molecule is CCC(CO)C(=O)Nc1ccccc1OC(C)C. The third-order valence-electron chi connectivity index (χ3n) is 2.59. The van der Waals surface area contributed by atoms with E-state index in [1.165, 1.54) is 0 Å². The van der Waals surface area contributed by atoms with Crippen LogP contribution in [-0.2, 0) is 4.79 Å². The Morgan fingerprint density at radius 2 is 2.06 bits per heavy atom. The number of aliphatic hydroxyl groups excluding tert-OH is 1. The van der Waals surface area contributed by atoms with Gasteiger partial charge in [-0.05, 0) is 32.4 Å². The standard InChI is InChI=1S/C14H21NO3/c1-4-11(9-16)14(17)15-12-7-5-6-8-13(12)18-10(2)3/h5-8,10-11,16H,4,9H2,1-3H3,(H,15,17). The van der Waals surface area contributed by atoms with Gasteiger partial charge in [-0.3, -0.25) is 4.79 Å². The second kappa shape index (κ2) is 7.01. The molecule has 1 atom stereocenters. The van der Waals surface area contributed by atoms with Crippen LogP contribution in [0.5, 0.6) is 5.75 Å². The third kappa shape index (κ3) is 4.04. The zero-order valence-electron chi connectivity index (χ0n) is 11.1. The predicted molar refractivity (Wildman–Crippen MR) is 71.7 cm³/mol. The summed E-state index contributed by atoms with van der Waals surface area (Å²) in [5.74, 6) is 0.0885. The lowest BCUT2D eigenvalue weighted by molar-refractivity contribution is -0.121. The number of hydrogen-bond donors (Lipinski definition) is 2. The van der Waals surface area contributed by atoms with Gasteiger partial charge in [0.2, 0.25) is 5.91 Å². The highest BCUT2D eigenvalue weighted by molar-refractivity contribution is 5.94. The third-order valence-corrected chi connectivity index (χ3v) is 2.59. The minimum Gasteiger partial charge on any atom is -0.489 e. The largest absolute Gasteiger partial charge is 0.489 e. The second-order valence-corrected chi connectivity index (χ2v) is 4.44. The first-order valence-corrected chi connectivity index (χ1v) is 6.25. The molecule has 100 valence electrons. The van der Waals surface area contributed by atoms with Crippen LogP contribution >= 0.6 is 0 Å². The Morgan fingerprint density at radius 3 is 2.61 bits per heavy atom. The number of ether oxygens (including phenoxy) is 1. The fourth-order valence-electron chi connectivity index (χ4n) is 1.56. The van der Waals surface area contributed by atoms with Crippen LogP contribution in [0.2, 0.25) is 0 Å². The molecule has 0 aliphatic carbocycles. The quantitative estimate of drug-likeness (QED) is 0.816. The molecular formula is C14H21NO3. The Morgan fingerprint density at radius 1 is 1.39 bits per heavy atom. The normalized spacial score (nSPS) is 12.3. The van der Waals surface area contributed by atoms with Gasteiger partial charge in [0.15, 0.2) is 0 Å². The summed E-state index contributed by atoms with van der Waals surface area (Å²) in [4.78, 5) is 11.9. The van der Waals surface area contributed by atoms with Gasteiger partial charge < -0.3 is 15.2 Å². The van der Waals surface area contributed by atoms with Gasteiger partial charge in [0.05, 0.1) is 24.3 Å². The van der Waals surface area contributed by atoms with E-state index >= 15 is 0 Å². The first-order valence-electron chi connectivity index (χ1n) is 6.25. The highest BCUT2D eigenvalue weighted by atomic mass is 16.5. The summed E-state index contributed by atoms with van der Waals surface area (Å²) in [7, 11) is 0. The molecule has 0 aliphatic heterocycles. The molecule has 0 aromatic heterocycles. The number of para-hydroxylation sites is 2. The van der Waals surface area contributed by atoms with Crippen LogP contribution in [0.1, 0.15) is 27.2 Å². The van der Waals surface area contributed by atoms with Gasteiger partial charge in [0, 0.05) is 0 Å². The van der Waals surface area contributed by atoms with E-state index in [9.17, 15) is 4.79 Å². The average Bonchev–Trinajstić information content (AvgIpc) is 2.32. The van der Waals surface area contributed by atoms with Crippen molar-refractivity contribution in [2.24, 2.45) is 5.92 Å². The Labute approximate surface area is 108 Å². The fourth-order valence-corrected chi connectivity index (χ4v) is 1.56. The molecule has 0 aliphatic rings. The highest BCUT2D eigenvalue weighted by Crippen LogP contribution is 2.25. The summed E-state index contributed by atoms with van der Waals surface area (Å²) in [5, 5.41) is 11.9. The molecule has 4 nitrogen and oxygen atoms in total. The number of benzene rings is 1. The fraction of sp³-hybridized carbons (Fsp3) is 0.500. The van der Waals surface area contributed by atoms with Crippen molar-refractivity contribution in [2.75, 3.05) is 11.9 Å². The van der Waals surface area contributed by atoms with Crippen molar-refractivity contribution >= 4 is 11.6 Å². The molecule has 4 heteroatoms. The highest BCUT2D eigenvalue weighted by Gasteiger charge is 2.17. The van der Waals surface area contributed by atoms with Crippen molar-refractivity contribution in [3.63, 3.8) is 0 Å². The van der Waals surface area contributed by atoms with Crippen molar-refractivity contribution in [2.45, 2.75) is 33.3 Å². The van der Waals surface area contributed by atoms with Crippen LogP contribution in [-0.4, -0.2) is 23.7 Å². The lowest BCUT2D eigenvalue weighted by atomic mass is 10.1. The van der Waals surface area contributed by atoms with Crippen LogP contribution < -0.4 is 10.1 Å². The van der Waals surface area contributed by atoms with Crippen LogP contribution in [0.4, 0.5) is 5.69 Å². The van der Waals surface area contributed by atoms with Crippen LogP contribution in [0.25, 0.3) is 0 Å². The van der Waals surface area contributed by atoms with E-state index < -0.39 is 0 Å². The Bertz CT molecular complexity index is 386. The van der Waals surface area contributed by atoms with Crippen molar-refractivity contribution in [1.82, 2.24) is 0 Å². The van der Waals surface area contributed by atoms with E-state index in [1.54, 1.807) is 6.07 Å². The number of carbonyl (C=O) groups is 1. The summed E-state index contributed by atoms with van der Waals surface area (Å²) >= 11 is 0. The van der Waals surface area contributed by atoms with E-state index in [-0.39, 0.29) is 24.5 Å². The second-order valence-electron chi connectivity index (χ2n) is 4.44. The number of anilines is 1. The number of aliphatic hydroxyl groups is 1. The number of rotatable bonds is 6. The van der Waals surface area contributed by atoms with E-state index in [0.717, 1.165) is 0 Å². The summed E-state index contributed by atoms with van der Waals surface area (Å²) in [6, 6.07) is 7.30. The molecular weight excluding hydrogens is 230 g/mol. The molecule has 0 radical (unpaired) electrons. The van der Waals surface area contributed by atoms with Gasteiger partial charge in [0.25, 0.3) is 0 Å². The zero-order chi connectivity index (χ0) is 13.5. The van der Waals surface area contributed by atoms with Gasteiger partial charge in [-0.2, -0.15) is 0 Å². The molecule has 0 heterocycles. The van der Waals surface area contributed by atoms with Crippen molar-refractivity contribution < 1.29 is 14.6 Å². The van der Waals surface area contributed by atoms with Crippen molar-refractivity contribution in [3.05, 3.63) is 24.3 Å². The molecule has 0 spiro atoms. The monoisotopic (exact) mass is 251 g/mol. The summed E-state index contributed by atoms with van der Waals surface area (Å²) in [6.45, 7) is 5.59. The number of carbonyl (C=O) groups excluding carboxylic acids is 1. The maximum absolute atomic E-state index is 11.9. The lowest BCUT2D eigenvalue weighted by Crippen LogP contribution is -2.25. The average molecular weight is 251 g/mol. The first-order chi connectivity index (χ1) is 8.58. The molecule has 1 amide bonds. The van der Waals surface area contributed by atoms with Crippen molar-refractivity contribution in [1.29, 1.82) is 0 Å². The molecule has 18 heavy (non-hydrogen) atoms. The molecule has 2 N–H and O–H groups in total. The van der Waals surface area contributed by atoms with Gasteiger partial charge >= 0.3 is 0 Å². The molecule has 1 aromatic rings. The van der Waals surface area contributed by atoms with Crippen LogP contribution in [0.15, 0.2) is 24.3 Å². The zero-order valence-corrected chi connectivity index (χ0v) is 11.1. The molecule has 0 bridgehead atoms. The van der Waals surface area contributed by atoms with Gasteiger partial charge in [-0.25, -0.2) is 0 Å². The van der Waals surface area contributed by atoms with Crippen LogP contribution in [0, 0.1) is 5.92 Å². The molecule has 1 rings (SSSR count). The van der Waals surface area contributed by atoms with E-state index in [0.29, 0.717) is 17.9 Å². The minimum absolute atomic E-state index is 0.0443. The van der Waals surface area contributed by atoms with E-state index in [1.807, 2.05) is 39.0 Å². The topological polar surface area (TPSA) is 58.6 Å². The van der Waals surface area contributed by atoms with E-state index in [4.69, 9.17) is 9.84 Å². The van der Waals surface area contributed by atoms with Crippen LogP contribution in [0.3, 0.4) is 0 Å². The van der Waals surface area contributed by atoms with Gasteiger partial charge in [-0.15, -0.1) is 0 Å². The molecule has 1 unspecified atom stereocenters. The summed E-state index contributed by atoms with van der Waals surface area (Å²) < 4.78 is 5.62. The number of nitrogens with one attached hydrogen (secondary N) is 1.